The molecule has 0 aliphatic carbocycles. The van der Waals surface area contributed by atoms with Crippen molar-refractivity contribution in [3.8, 4) is 11.5 Å². The quantitative estimate of drug-likeness (QED) is 0.0477. The number of amides is 1. The number of hydrogen-bond donors (Lipinski definition) is 1. The molecule has 0 radical (unpaired) electrons. The molecule has 0 unspecified atom stereocenters. The minimum Gasteiger partial charge on any atom is -0.493 e. The van der Waals surface area contributed by atoms with Crippen LogP contribution in [0, 0.1) is 0 Å². The van der Waals surface area contributed by atoms with E-state index in [0.717, 1.165) is 28.8 Å². The molecule has 0 saturated heterocycles. The summed E-state index contributed by atoms with van der Waals surface area (Å²) in [5, 5.41) is 2.92. The summed E-state index contributed by atoms with van der Waals surface area (Å²) in [4.78, 5) is 13.4. The van der Waals surface area contributed by atoms with Crippen LogP contribution in [0.5, 0.6) is 11.5 Å². The lowest BCUT2D eigenvalue weighted by molar-refractivity contribution is -0.274. The molecule has 7 nitrogen and oxygen atoms in total. The summed E-state index contributed by atoms with van der Waals surface area (Å²) < 4.78 is 117. The van der Waals surface area contributed by atoms with Crippen molar-refractivity contribution >= 4 is 13.5 Å². The van der Waals surface area contributed by atoms with Gasteiger partial charge in [0.1, 0.15) is 18.1 Å². The average Bonchev–Trinajstić information content (AvgIpc) is 3.20. The van der Waals surface area contributed by atoms with Crippen LogP contribution in [0.4, 0.5) is 31.1 Å². The van der Waals surface area contributed by atoms with Crippen molar-refractivity contribution in [3.63, 3.8) is 0 Å². The van der Waals surface area contributed by atoms with Crippen molar-refractivity contribution < 1.29 is 54.4 Å². The number of ether oxygens (including phenoxy) is 3. The summed E-state index contributed by atoms with van der Waals surface area (Å²) in [6.07, 6.45) is -9.26. The first-order valence-electron chi connectivity index (χ1n) is 19.1. The van der Waals surface area contributed by atoms with E-state index in [9.17, 15) is 35.7 Å². The van der Waals surface area contributed by atoms with Crippen LogP contribution in [-0.2, 0) is 51.8 Å². The first kappa shape index (κ1) is 44.8. The predicted octanol–water partition coefficient (Wildman–Crippen LogP) is 12.3. The maximum atomic E-state index is 14.7. The van der Waals surface area contributed by atoms with E-state index in [-0.39, 0.29) is 64.2 Å². The van der Waals surface area contributed by atoms with Gasteiger partial charge in [-0.1, -0.05) is 116 Å². The van der Waals surface area contributed by atoms with E-state index in [2.05, 4.69) is 10.1 Å². The summed E-state index contributed by atoms with van der Waals surface area (Å²) >= 11 is 0. The van der Waals surface area contributed by atoms with Crippen LogP contribution >= 0.6 is 7.37 Å². The number of benzene rings is 5. The van der Waals surface area contributed by atoms with Gasteiger partial charge in [0.2, 0.25) is 7.37 Å². The zero-order chi connectivity index (χ0) is 42.4. The first-order valence-corrected chi connectivity index (χ1v) is 21.1. The van der Waals surface area contributed by atoms with E-state index >= 15 is 0 Å². The molecule has 0 saturated carbocycles. The Labute approximate surface area is 340 Å². The Morgan fingerprint density at radius 2 is 1.25 bits per heavy atom. The van der Waals surface area contributed by atoms with Gasteiger partial charge in [0.25, 0.3) is 0 Å². The molecular weight excluding hydrogens is 795 g/mol. The third-order valence-electron chi connectivity index (χ3n) is 9.61. The zero-order valence-corrected chi connectivity index (χ0v) is 33.3. The van der Waals surface area contributed by atoms with Gasteiger partial charge in [-0.25, -0.2) is 4.79 Å². The molecule has 59 heavy (non-hydrogen) atoms. The molecule has 1 N–H and O–H groups in total. The third-order valence-corrected chi connectivity index (χ3v) is 11.9. The summed E-state index contributed by atoms with van der Waals surface area (Å²) in [5.74, 6) is -0.789. The fourth-order valence-electron chi connectivity index (χ4n) is 6.45. The van der Waals surface area contributed by atoms with E-state index in [1.165, 1.54) is 24.3 Å². The summed E-state index contributed by atoms with van der Waals surface area (Å²) in [6, 6.07) is 36.6. The maximum absolute atomic E-state index is 14.7. The fraction of sp³-hybridized carbons (Fsp3) is 0.311. The van der Waals surface area contributed by atoms with Crippen LogP contribution < -0.4 is 14.8 Å². The molecule has 0 aliphatic rings. The molecule has 0 bridgehead atoms. The normalized spacial score (nSPS) is 13.0. The minimum atomic E-state index is -4.85. The Morgan fingerprint density at radius 1 is 0.678 bits per heavy atom. The fourth-order valence-corrected chi connectivity index (χ4v) is 8.76. The van der Waals surface area contributed by atoms with Crippen molar-refractivity contribution in [2.45, 2.75) is 76.0 Å². The number of carbonyl (C=O) groups is 1. The van der Waals surface area contributed by atoms with Crippen LogP contribution in [0.3, 0.4) is 0 Å². The summed E-state index contributed by atoms with van der Waals surface area (Å²) in [6.45, 7) is 1.43. The van der Waals surface area contributed by atoms with Crippen molar-refractivity contribution in [1.82, 2.24) is 5.32 Å². The predicted molar refractivity (Wildman–Crippen MR) is 213 cm³/mol. The van der Waals surface area contributed by atoms with Gasteiger partial charge in [-0.05, 0) is 84.2 Å². The Kier molecular flexibility index (Phi) is 15.7. The monoisotopic (exact) mass is 841 g/mol. The number of halogens is 6. The van der Waals surface area contributed by atoms with Crippen LogP contribution in [0.2, 0.25) is 0 Å². The molecule has 5 aromatic rings. The van der Waals surface area contributed by atoms with Gasteiger partial charge >= 0.3 is 18.6 Å². The Morgan fingerprint density at radius 3 is 1.83 bits per heavy atom. The number of alkyl halides is 6. The van der Waals surface area contributed by atoms with Crippen molar-refractivity contribution in [1.29, 1.82) is 0 Å². The van der Waals surface area contributed by atoms with Crippen LogP contribution in [0.25, 0.3) is 0 Å². The van der Waals surface area contributed by atoms with Gasteiger partial charge in [-0.15, -0.1) is 13.2 Å². The highest BCUT2D eigenvalue weighted by atomic mass is 31.2. The van der Waals surface area contributed by atoms with Crippen molar-refractivity contribution in [2.24, 2.45) is 0 Å². The second-order valence-electron chi connectivity index (χ2n) is 14.2. The smallest absolute Gasteiger partial charge is 0.493 e. The highest BCUT2D eigenvalue weighted by Crippen LogP contribution is 2.54. The Balaban J connectivity index is 1.32. The Bertz CT molecular complexity index is 2070. The van der Waals surface area contributed by atoms with E-state index in [1.807, 2.05) is 78.9 Å². The number of carbonyl (C=O) groups excluding carboxylic acids is 1. The van der Waals surface area contributed by atoms with Crippen LogP contribution in [0.15, 0.2) is 133 Å². The van der Waals surface area contributed by atoms with Crippen molar-refractivity contribution in [3.05, 3.63) is 167 Å². The standard InChI is InChI=1S/C45H46F6NO6P/c1-2-43(52-42(53)56-30-36-14-6-3-7-15-36,33-57-59(54,31-37-16-8-4-9-17-37)32-38-18-10-5-11-19-38)26-25-35-23-24-41(40(29-35)44(46,47)48)55-27-13-21-34-20-12-22-39(28-34)58-45(49,50)51/h3-12,14-20,22-24,28-29H,2,13,21,25-27,30-33H2,1H3,(H,52,53)/t43-/m1/s1. The molecule has 0 aliphatic heterocycles. The van der Waals surface area contributed by atoms with Gasteiger partial charge in [0.05, 0.1) is 36.6 Å². The topological polar surface area (TPSA) is 83.1 Å². The van der Waals surface area contributed by atoms with E-state index < -0.39 is 48.6 Å². The number of aryl methyl sites for hydroxylation is 2. The highest BCUT2D eigenvalue weighted by Gasteiger charge is 2.37. The number of hydrogen-bond acceptors (Lipinski definition) is 6. The van der Waals surface area contributed by atoms with Gasteiger partial charge in [-0.2, -0.15) is 13.2 Å². The number of nitrogens with one attached hydrogen (secondary N) is 1. The van der Waals surface area contributed by atoms with Crippen LogP contribution in [0.1, 0.15) is 59.6 Å². The SMILES string of the molecule is CC[C@@](CCc1ccc(OCCCc2cccc(OC(F)(F)F)c2)c(C(F)(F)F)c1)(COP(=O)(Cc1ccccc1)Cc1ccccc1)NC(=O)OCc1ccccc1. The molecule has 0 spiro atoms. The molecule has 314 valence electrons. The van der Waals surface area contributed by atoms with Gasteiger partial charge in [0, 0.05) is 0 Å². The largest absolute Gasteiger partial charge is 0.573 e. The van der Waals surface area contributed by atoms with Crippen LogP contribution in [-0.4, -0.2) is 31.2 Å². The number of alkyl carbamates (subject to hydrolysis) is 1. The molecule has 0 heterocycles. The van der Waals surface area contributed by atoms with Gasteiger partial charge in [0.15, 0.2) is 0 Å². The van der Waals surface area contributed by atoms with E-state index in [4.69, 9.17) is 14.0 Å². The first-order chi connectivity index (χ1) is 28.1. The Hall–Kier alpha value is -5.26. The molecule has 1 atom stereocenters. The lowest BCUT2D eigenvalue weighted by atomic mass is 9.89. The molecule has 5 aromatic carbocycles. The second kappa shape index (κ2) is 20.6. The highest BCUT2D eigenvalue weighted by molar-refractivity contribution is 7.57. The minimum absolute atomic E-state index is 0.0247. The molecule has 5 rings (SSSR count). The molecule has 0 fully saturated rings. The maximum Gasteiger partial charge on any atom is 0.573 e. The second-order valence-corrected chi connectivity index (χ2v) is 16.7. The molecular formula is C45H46F6NO6P. The van der Waals surface area contributed by atoms with Crippen molar-refractivity contribution in [2.75, 3.05) is 13.2 Å². The molecule has 14 heteroatoms. The summed E-state index contributed by atoms with van der Waals surface area (Å²) in [5.41, 5.74) is 0.959. The lowest BCUT2D eigenvalue weighted by Crippen LogP contribution is -2.52. The summed E-state index contributed by atoms with van der Waals surface area (Å²) in [7, 11) is -3.46. The molecule has 1 amide bonds. The van der Waals surface area contributed by atoms with Gasteiger partial charge < -0.3 is 24.1 Å². The number of rotatable bonds is 20. The average molecular weight is 842 g/mol. The van der Waals surface area contributed by atoms with E-state index in [0.29, 0.717) is 11.1 Å². The molecule has 0 aromatic heterocycles. The van der Waals surface area contributed by atoms with E-state index in [1.54, 1.807) is 25.1 Å². The van der Waals surface area contributed by atoms with Gasteiger partial charge in [-0.3, -0.25) is 4.57 Å². The third kappa shape index (κ3) is 14.8. The lowest BCUT2D eigenvalue weighted by Gasteiger charge is -2.35. The zero-order valence-electron chi connectivity index (χ0n) is 32.4.